The summed E-state index contributed by atoms with van der Waals surface area (Å²) in [4.78, 5) is 23.2. The summed E-state index contributed by atoms with van der Waals surface area (Å²) in [5.74, 6) is -0.354. The molecule has 0 unspecified atom stereocenters. The predicted octanol–water partition coefficient (Wildman–Crippen LogP) is 2.15. The smallest absolute Gasteiger partial charge is 0.408 e. The van der Waals surface area contributed by atoms with E-state index in [4.69, 9.17) is 9.47 Å². The first-order valence-corrected chi connectivity index (χ1v) is 10.1. The Labute approximate surface area is 109 Å². The SMILES string of the molecule is CCOC(=O)C1(NC(=O)OCC[Si](C)(C)C)CC1. The van der Waals surface area contributed by atoms with Gasteiger partial charge < -0.3 is 14.8 Å². The van der Waals surface area contributed by atoms with Gasteiger partial charge in [0.1, 0.15) is 5.54 Å². The minimum atomic E-state index is -1.20. The van der Waals surface area contributed by atoms with Crippen LogP contribution in [0.15, 0.2) is 0 Å². The average Bonchev–Trinajstić information content (AvgIpc) is 2.97. The highest BCUT2D eigenvalue weighted by molar-refractivity contribution is 6.76. The first kappa shape index (κ1) is 15.0. The molecule has 0 heterocycles. The van der Waals surface area contributed by atoms with Crippen LogP contribution in [0, 0.1) is 0 Å². The van der Waals surface area contributed by atoms with Gasteiger partial charge in [-0.2, -0.15) is 0 Å². The van der Waals surface area contributed by atoms with Crippen molar-refractivity contribution in [3.8, 4) is 0 Å². The normalized spacial score (nSPS) is 16.9. The summed E-state index contributed by atoms with van der Waals surface area (Å²) in [5.41, 5.74) is -0.813. The first-order chi connectivity index (χ1) is 8.29. The Bertz CT molecular complexity index is 321. The van der Waals surface area contributed by atoms with Gasteiger partial charge in [0.05, 0.1) is 13.2 Å². The molecule has 0 aliphatic heterocycles. The third-order valence-corrected chi connectivity index (χ3v) is 4.55. The van der Waals surface area contributed by atoms with E-state index in [0.29, 0.717) is 26.1 Å². The van der Waals surface area contributed by atoms with Gasteiger partial charge in [0.25, 0.3) is 0 Å². The molecule has 104 valence electrons. The van der Waals surface area contributed by atoms with Crippen LogP contribution in [-0.4, -0.2) is 38.9 Å². The van der Waals surface area contributed by atoms with Crippen LogP contribution in [0.1, 0.15) is 19.8 Å². The number of carbonyl (C=O) groups excluding carboxylic acids is 2. The molecular weight excluding hydrogens is 250 g/mol. The standard InChI is InChI=1S/C12H23NO4Si/c1-5-16-10(14)12(6-7-12)13-11(15)17-8-9-18(2,3)4/h5-9H2,1-4H3,(H,13,15). The minimum absolute atomic E-state index is 0.326. The molecule has 0 aromatic heterocycles. The fourth-order valence-corrected chi connectivity index (χ4v) is 2.17. The lowest BCUT2D eigenvalue weighted by Crippen LogP contribution is -2.44. The monoisotopic (exact) mass is 273 g/mol. The summed E-state index contributed by atoms with van der Waals surface area (Å²) in [5, 5.41) is 2.62. The molecule has 0 radical (unpaired) electrons. The van der Waals surface area contributed by atoms with Gasteiger partial charge in [0.2, 0.25) is 0 Å². The second-order valence-electron chi connectivity index (χ2n) is 5.87. The molecule has 0 aromatic carbocycles. The van der Waals surface area contributed by atoms with Crippen molar-refractivity contribution in [3.63, 3.8) is 0 Å². The topological polar surface area (TPSA) is 64.6 Å². The maximum absolute atomic E-state index is 11.6. The number of esters is 1. The largest absolute Gasteiger partial charge is 0.464 e. The number of rotatable bonds is 6. The molecule has 1 rings (SSSR count). The van der Waals surface area contributed by atoms with Crippen LogP contribution < -0.4 is 5.32 Å². The molecule has 1 fully saturated rings. The van der Waals surface area contributed by atoms with Crippen LogP contribution >= 0.6 is 0 Å². The summed E-state index contributed by atoms with van der Waals surface area (Å²) in [6, 6.07) is 0.923. The summed E-state index contributed by atoms with van der Waals surface area (Å²) in [6.07, 6.45) is 0.753. The molecule has 5 nitrogen and oxygen atoms in total. The molecule has 0 aromatic rings. The van der Waals surface area contributed by atoms with Crippen LogP contribution in [0.4, 0.5) is 4.79 Å². The Kier molecular flexibility index (Phi) is 4.78. The van der Waals surface area contributed by atoms with Crippen LogP contribution in [0.25, 0.3) is 0 Å². The molecule has 1 aliphatic carbocycles. The highest BCUT2D eigenvalue weighted by Gasteiger charge is 2.53. The maximum atomic E-state index is 11.6. The number of nitrogens with one attached hydrogen (secondary N) is 1. The number of hydrogen-bond donors (Lipinski definition) is 1. The van der Waals surface area contributed by atoms with E-state index in [0.717, 1.165) is 6.04 Å². The molecule has 6 heteroatoms. The van der Waals surface area contributed by atoms with Crippen molar-refractivity contribution in [2.45, 2.75) is 51.0 Å². The minimum Gasteiger partial charge on any atom is -0.464 e. The van der Waals surface area contributed by atoms with E-state index in [9.17, 15) is 9.59 Å². The molecule has 1 N–H and O–H groups in total. The van der Waals surface area contributed by atoms with Crippen LogP contribution in [-0.2, 0) is 14.3 Å². The molecule has 1 amide bonds. The Morgan fingerprint density at radius 2 is 1.83 bits per heavy atom. The van der Waals surface area contributed by atoms with Gasteiger partial charge in [0.15, 0.2) is 0 Å². The van der Waals surface area contributed by atoms with E-state index in [1.165, 1.54) is 0 Å². The second kappa shape index (κ2) is 5.73. The average molecular weight is 273 g/mol. The van der Waals surface area contributed by atoms with E-state index in [1.54, 1.807) is 6.92 Å². The molecule has 0 saturated heterocycles. The summed E-state index contributed by atoms with van der Waals surface area (Å²) >= 11 is 0. The van der Waals surface area contributed by atoms with Crippen LogP contribution in [0.2, 0.25) is 25.7 Å². The van der Waals surface area contributed by atoms with Crippen molar-refractivity contribution in [2.24, 2.45) is 0 Å². The van der Waals surface area contributed by atoms with Gasteiger partial charge in [0, 0.05) is 8.07 Å². The zero-order valence-electron chi connectivity index (χ0n) is 11.7. The van der Waals surface area contributed by atoms with Gasteiger partial charge in [-0.05, 0) is 25.8 Å². The second-order valence-corrected chi connectivity index (χ2v) is 11.5. The third kappa shape index (κ3) is 4.68. The van der Waals surface area contributed by atoms with Gasteiger partial charge in [-0.25, -0.2) is 9.59 Å². The third-order valence-electron chi connectivity index (χ3n) is 2.84. The molecule has 0 spiro atoms. The van der Waals surface area contributed by atoms with E-state index in [2.05, 4.69) is 25.0 Å². The van der Waals surface area contributed by atoms with Gasteiger partial charge >= 0.3 is 12.1 Å². The highest BCUT2D eigenvalue weighted by Crippen LogP contribution is 2.36. The zero-order valence-corrected chi connectivity index (χ0v) is 12.7. The quantitative estimate of drug-likeness (QED) is 0.595. The van der Waals surface area contributed by atoms with Crippen LogP contribution in [0.5, 0.6) is 0 Å². The van der Waals surface area contributed by atoms with Crippen molar-refractivity contribution in [3.05, 3.63) is 0 Å². The lowest BCUT2D eigenvalue weighted by Gasteiger charge is -2.18. The van der Waals surface area contributed by atoms with Crippen molar-refractivity contribution < 1.29 is 19.1 Å². The summed E-state index contributed by atoms with van der Waals surface area (Å²) in [6.45, 7) is 9.15. The number of carbonyl (C=O) groups is 2. The first-order valence-electron chi connectivity index (χ1n) is 6.41. The van der Waals surface area contributed by atoms with Crippen molar-refractivity contribution in [1.82, 2.24) is 5.32 Å². The Balaban J connectivity index is 2.30. The van der Waals surface area contributed by atoms with Gasteiger partial charge in [-0.3, -0.25) is 0 Å². The molecular formula is C12H23NO4Si. The fraction of sp³-hybridized carbons (Fsp3) is 0.833. The summed E-state index contributed by atoms with van der Waals surface area (Å²) in [7, 11) is -1.20. The predicted molar refractivity (Wildman–Crippen MR) is 71.2 cm³/mol. The Morgan fingerprint density at radius 1 is 1.22 bits per heavy atom. The number of amides is 1. The van der Waals surface area contributed by atoms with Crippen LogP contribution in [0.3, 0.4) is 0 Å². The van der Waals surface area contributed by atoms with Gasteiger partial charge in [-0.15, -0.1) is 0 Å². The molecule has 1 saturated carbocycles. The van der Waals surface area contributed by atoms with Crippen molar-refractivity contribution in [1.29, 1.82) is 0 Å². The van der Waals surface area contributed by atoms with E-state index in [-0.39, 0.29) is 5.97 Å². The molecule has 0 atom stereocenters. The zero-order chi connectivity index (χ0) is 13.8. The van der Waals surface area contributed by atoms with Gasteiger partial charge in [-0.1, -0.05) is 19.6 Å². The Hall–Kier alpha value is -1.04. The lowest BCUT2D eigenvalue weighted by atomic mass is 10.3. The van der Waals surface area contributed by atoms with Crippen molar-refractivity contribution in [2.75, 3.05) is 13.2 Å². The van der Waals surface area contributed by atoms with E-state index in [1.807, 2.05) is 0 Å². The van der Waals surface area contributed by atoms with E-state index < -0.39 is 19.7 Å². The number of hydrogen-bond acceptors (Lipinski definition) is 4. The maximum Gasteiger partial charge on any atom is 0.408 e. The highest BCUT2D eigenvalue weighted by atomic mass is 28.3. The van der Waals surface area contributed by atoms with Crippen molar-refractivity contribution >= 4 is 20.1 Å². The number of alkyl carbamates (subject to hydrolysis) is 1. The Morgan fingerprint density at radius 3 is 2.28 bits per heavy atom. The van der Waals surface area contributed by atoms with E-state index >= 15 is 0 Å². The molecule has 1 aliphatic rings. The molecule has 18 heavy (non-hydrogen) atoms. The molecule has 0 bridgehead atoms. The summed E-state index contributed by atoms with van der Waals surface area (Å²) < 4.78 is 10.0. The number of ether oxygens (including phenoxy) is 2. The fourth-order valence-electron chi connectivity index (χ4n) is 1.46. The lowest BCUT2D eigenvalue weighted by molar-refractivity contribution is -0.146.